The van der Waals surface area contributed by atoms with Crippen LogP contribution in [-0.2, 0) is 14.8 Å². The van der Waals surface area contributed by atoms with Crippen molar-refractivity contribution < 1.29 is 13.2 Å². The van der Waals surface area contributed by atoms with E-state index in [9.17, 15) is 13.2 Å². The van der Waals surface area contributed by atoms with E-state index in [2.05, 4.69) is 20.2 Å². The molecule has 2 N–H and O–H groups in total. The van der Waals surface area contributed by atoms with Gasteiger partial charge in [-0.1, -0.05) is 18.5 Å². The van der Waals surface area contributed by atoms with E-state index in [1.165, 1.54) is 36.4 Å². The molecular formula is C14H15ClN4O3S. The summed E-state index contributed by atoms with van der Waals surface area (Å²) in [6, 6.07) is 8.68. The number of carbonyl (C=O) groups excluding carboxylic acids is 1. The number of sulfonamides is 1. The molecule has 0 saturated heterocycles. The van der Waals surface area contributed by atoms with E-state index < -0.39 is 10.0 Å². The van der Waals surface area contributed by atoms with Crippen molar-refractivity contribution in [1.29, 1.82) is 0 Å². The van der Waals surface area contributed by atoms with Gasteiger partial charge in [0, 0.05) is 12.1 Å². The monoisotopic (exact) mass is 354 g/mol. The molecule has 1 aromatic carbocycles. The van der Waals surface area contributed by atoms with Crippen molar-refractivity contribution in [1.82, 2.24) is 10.2 Å². The summed E-state index contributed by atoms with van der Waals surface area (Å²) in [7, 11) is -3.79. The van der Waals surface area contributed by atoms with Crippen LogP contribution in [0.25, 0.3) is 0 Å². The van der Waals surface area contributed by atoms with E-state index in [0.29, 0.717) is 12.1 Å². The zero-order chi connectivity index (χ0) is 16.9. The molecule has 0 bridgehead atoms. The van der Waals surface area contributed by atoms with Crippen LogP contribution in [0.1, 0.15) is 19.8 Å². The number of nitrogens with zero attached hydrogens (tertiary/aromatic N) is 2. The standard InChI is InChI=1S/C14H15ClN4O3S/c1-2-3-14(20)16-10-4-6-11(7-5-10)23(21,22)19-13-9-8-12(15)17-18-13/h4-9H,2-3H2,1H3,(H,16,20)(H,18,19). The minimum atomic E-state index is -3.79. The Labute approximate surface area is 139 Å². The lowest BCUT2D eigenvalue weighted by molar-refractivity contribution is -0.116. The normalized spacial score (nSPS) is 11.0. The van der Waals surface area contributed by atoms with E-state index in [1.807, 2.05) is 6.92 Å². The van der Waals surface area contributed by atoms with Gasteiger partial charge in [0.2, 0.25) is 5.91 Å². The molecule has 1 amide bonds. The molecule has 122 valence electrons. The molecule has 1 heterocycles. The Bertz CT molecular complexity index is 777. The van der Waals surface area contributed by atoms with Crippen LogP contribution in [0.15, 0.2) is 41.3 Å². The predicted molar refractivity (Wildman–Crippen MR) is 87.8 cm³/mol. The molecule has 2 rings (SSSR count). The summed E-state index contributed by atoms with van der Waals surface area (Å²) in [5, 5.41) is 10.1. The summed E-state index contributed by atoms with van der Waals surface area (Å²) >= 11 is 5.60. The highest BCUT2D eigenvalue weighted by atomic mass is 35.5. The van der Waals surface area contributed by atoms with E-state index in [-0.39, 0.29) is 21.8 Å². The maximum absolute atomic E-state index is 12.2. The van der Waals surface area contributed by atoms with Crippen LogP contribution in [-0.4, -0.2) is 24.5 Å². The number of hydrogen-bond acceptors (Lipinski definition) is 5. The first-order chi connectivity index (χ1) is 10.9. The molecule has 0 spiro atoms. The highest BCUT2D eigenvalue weighted by Crippen LogP contribution is 2.17. The number of hydrogen-bond donors (Lipinski definition) is 2. The van der Waals surface area contributed by atoms with Gasteiger partial charge in [-0.15, -0.1) is 10.2 Å². The van der Waals surface area contributed by atoms with Crippen LogP contribution in [0.4, 0.5) is 11.5 Å². The topological polar surface area (TPSA) is 101 Å². The number of benzene rings is 1. The van der Waals surface area contributed by atoms with Crippen LogP contribution in [0.2, 0.25) is 5.15 Å². The highest BCUT2D eigenvalue weighted by Gasteiger charge is 2.15. The van der Waals surface area contributed by atoms with Gasteiger partial charge in [-0.05, 0) is 42.8 Å². The second-order valence-electron chi connectivity index (χ2n) is 4.67. The first-order valence-corrected chi connectivity index (χ1v) is 8.69. The molecule has 1 aromatic heterocycles. The number of amides is 1. The van der Waals surface area contributed by atoms with Crippen molar-refractivity contribution in [2.75, 3.05) is 10.0 Å². The summed E-state index contributed by atoms with van der Waals surface area (Å²) in [5.74, 6) is -0.0487. The summed E-state index contributed by atoms with van der Waals surface area (Å²) < 4.78 is 26.7. The Morgan fingerprint density at radius 2 is 1.83 bits per heavy atom. The lowest BCUT2D eigenvalue weighted by Crippen LogP contribution is -2.15. The predicted octanol–water partition coefficient (Wildman–Crippen LogP) is 2.67. The maximum Gasteiger partial charge on any atom is 0.263 e. The Hall–Kier alpha value is -2.19. The number of aromatic nitrogens is 2. The van der Waals surface area contributed by atoms with Gasteiger partial charge in [0.1, 0.15) is 0 Å². The van der Waals surface area contributed by atoms with Gasteiger partial charge in [0.25, 0.3) is 10.0 Å². The van der Waals surface area contributed by atoms with Crippen LogP contribution in [0, 0.1) is 0 Å². The Kier molecular flexibility index (Phi) is 5.51. The second kappa shape index (κ2) is 7.38. The molecule has 0 saturated carbocycles. The van der Waals surface area contributed by atoms with E-state index in [4.69, 9.17) is 11.6 Å². The molecule has 0 unspecified atom stereocenters. The molecule has 0 aliphatic heterocycles. The number of carbonyl (C=O) groups is 1. The fourth-order valence-electron chi connectivity index (χ4n) is 1.73. The highest BCUT2D eigenvalue weighted by molar-refractivity contribution is 7.92. The van der Waals surface area contributed by atoms with E-state index in [0.717, 1.165) is 6.42 Å². The van der Waals surface area contributed by atoms with E-state index in [1.54, 1.807) is 0 Å². The van der Waals surface area contributed by atoms with Crippen molar-refractivity contribution in [3.05, 3.63) is 41.6 Å². The lowest BCUT2D eigenvalue weighted by Gasteiger charge is -2.08. The number of halogens is 1. The number of nitrogens with one attached hydrogen (secondary N) is 2. The third-order valence-electron chi connectivity index (χ3n) is 2.80. The summed E-state index contributed by atoms with van der Waals surface area (Å²) in [4.78, 5) is 11.5. The molecule has 7 nitrogen and oxygen atoms in total. The molecule has 9 heteroatoms. The third kappa shape index (κ3) is 4.90. The van der Waals surface area contributed by atoms with Gasteiger partial charge in [-0.25, -0.2) is 8.42 Å². The average Bonchev–Trinajstić information content (AvgIpc) is 2.50. The zero-order valence-electron chi connectivity index (χ0n) is 12.3. The first kappa shape index (κ1) is 17.2. The molecule has 0 aliphatic carbocycles. The molecule has 2 aromatic rings. The van der Waals surface area contributed by atoms with Crippen molar-refractivity contribution in [3.63, 3.8) is 0 Å². The molecule has 0 atom stereocenters. The number of anilines is 2. The van der Waals surface area contributed by atoms with Gasteiger partial charge < -0.3 is 5.32 Å². The van der Waals surface area contributed by atoms with Gasteiger partial charge in [0.15, 0.2) is 11.0 Å². The van der Waals surface area contributed by atoms with Crippen molar-refractivity contribution >= 4 is 39.0 Å². The fourth-order valence-corrected chi connectivity index (χ4v) is 2.83. The molecule has 0 radical (unpaired) electrons. The van der Waals surface area contributed by atoms with Crippen LogP contribution < -0.4 is 10.0 Å². The van der Waals surface area contributed by atoms with Gasteiger partial charge in [-0.3, -0.25) is 9.52 Å². The molecule has 0 aliphatic rings. The first-order valence-electron chi connectivity index (χ1n) is 6.82. The summed E-state index contributed by atoms with van der Waals surface area (Å²) in [5.41, 5.74) is 0.536. The smallest absolute Gasteiger partial charge is 0.263 e. The Morgan fingerprint density at radius 3 is 2.39 bits per heavy atom. The van der Waals surface area contributed by atoms with Crippen LogP contribution in [0.5, 0.6) is 0 Å². The summed E-state index contributed by atoms with van der Waals surface area (Å²) in [6.45, 7) is 1.90. The van der Waals surface area contributed by atoms with Gasteiger partial charge in [-0.2, -0.15) is 0 Å². The third-order valence-corrected chi connectivity index (χ3v) is 4.37. The molecular weight excluding hydrogens is 340 g/mol. The van der Waals surface area contributed by atoms with Crippen molar-refractivity contribution in [3.8, 4) is 0 Å². The van der Waals surface area contributed by atoms with Crippen LogP contribution in [0.3, 0.4) is 0 Å². The minimum Gasteiger partial charge on any atom is -0.326 e. The van der Waals surface area contributed by atoms with Gasteiger partial charge in [0.05, 0.1) is 4.90 Å². The fraction of sp³-hybridized carbons (Fsp3) is 0.214. The molecule has 0 fully saturated rings. The van der Waals surface area contributed by atoms with Crippen molar-refractivity contribution in [2.24, 2.45) is 0 Å². The van der Waals surface area contributed by atoms with Crippen molar-refractivity contribution in [2.45, 2.75) is 24.7 Å². The van der Waals surface area contributed by atoms with E-state index >= 15 is 0 Å². The van der Waals surface area contributed by atoms with Gasteiger partial charge >= 0.3 is 0 Å². The Balaban J connectivity index is 2.11. The lowest BCUT2D eigenvalue weighted by atomic mass is 10.3. The number of rotatable bonds is 6. The summed E-state index contributed by atoms with van der Waals surface area (Å²) in [6.07, 6.45) is 1.15. The second-order valence-corrected chi connectivity index (χ2v) is 6.74. The van der Waals surface area contributed by atoms with Crippen LogP contribution >= 0.6 is 11.6 Å². The molecule has 23 heavy (non-hydrogen) atoms. The quantitative estimate of drug-likeness (QED) is 0.830. The zero-order valence-corrected chi connectivity index (χ0v) is 13.9. The SMILES string of the molecule is CCCC(=O)Nc1ccc(S(=O)(=O)Nc2ccc(Cl)nn2)cc1. The Morgan fingerprint density at radius 1 is 1.13 bits per heavy atom. The minimum absolute atomic E-state index is 0.0442. The largest absolute Gasteiger partial charge is 0.326 e. The maximum atomic E-state index is 12.2. The average molecular weight is 355 g/mol.